The molecule has 2 aliphatic heterocycles. The number of hydrogen-bond acceptors (Lipinski definition) is 5. The van der Waals surface area contributed by atoms with Crippen molar-refractivity contribution in [1.82, 2.24) is 4.90 Å². The number of benzene rings is 2. The largest absolute Gasteiger partial charge is 0.447 e. The van der Waals surface area contributed by atoms with Crippen molar-refractivity contribution >= 4 is 23.4 Å². The second-order valence-corrected chi connectivity index (χ2v) is 7.07. The Balaban J connectivity index is 1.43. The van der Waals surface area contributed by atoms with E-state index in [1.165, 1.54) is 0 Å². The van der Waals surface area contributed by atoms with Gasteiger partial charge in [0.25, 0.3) is 5.91 Å². The van der Waals surface area contributed by atoms with Crippen molar-refractivity contribution in [2.24, 2.45) is 0 Å². The summed E-state index contributed by atoms with van der Waals surface area (Å²) < 4.78 is 4.96. The van der Waals surface area contributed by atoms with Crippen molar-refractivity contribution in [2.45, 2.75) is 6.42 Å². The van der Waals surface area contributed by atoms with Crippen molar-refractivity contribution in [2.75, 3.05) is 49.1 Å². The average Bonchev–Trinajstić information content (AvgIpc) is 3.05. The Morgan fingerprint density at radius 2 is 1.76 bits per heavy atom. The molecular formula is C22H22N4O3. The second-order valence-electron chi connectivity index (χ2n) is 7.07. The molecule has 0 N–H and O–H groups in total. The highest BCUT2D eigenvalue weighted by molar-refractivity contribution is 5.95. The first-order valence-electron chi connectivity index (χ1n) is 9.75. The number of amides is 2. The van der Waals surface area contributed by atoms with E-state index in [1.54, 1.807) is 29.2 Å². The van der Waals surface area contributed by atoms with Crippen molar-refractivity contribution in [1.29, 1.82) is 5.26 Å². The van der Waals surface area contributed by atoms with Crippen molar-refractivity contribution < 1.29 is 14.3 Å². The summed E-state index contributed by atoms with van der Waals surface area (Å²) in [6.45, 7) is 3.67. The van der Waals surface area contributed by atoms with E-state index >= 15 is 0 Å². The van der Waals surface area contributed by atoms with E-state index < -0.39 is 0 Å². The van der Waals surface area contributed by atoms with Crippen LogP contribution in [0.4, 0.5) is 16.2 Å². The van der Waals surface area contributed by atoms with Crippen LogP contribution in [-0.4, -0.2) is 56.2 Å². The molecule has 0 spiro atoms. The molecule has 29 heavy (non-hydrogen) atoms. The normalized spacial score (nSPS) is 16.9. The van der Waals surface area contributed by atoms with Crippen molar-refractivity contribution in [3.05, 3.63) is 59.7 Å². The van der Waals surface area contributed by atoms with Gasteiger partial charge in [0.2, 0.25) is 0 Å². The van der Waals surface area contributed by atoms with Gasteiger partial charge in [0, 0.05) is 37.4 Å². The van der Waals surface area contributed by atoms with Crippen molar-refractivity contribution in [3.63, 3.8) is 0 Å². The molecule has 2 amide bonds. The second kappa shape index (κ2) is 8.23. The highest BCUT2D eigenvalue weighted by Crippen LogP contribution is 2.23. The van der Waals surface area contributed by atoms with Crippen LogP contribution >= 0.6 is 0 Å². The molecule has 4 rings (SSSR count). The lowest BCUT2D eigenvalue weighted by Crippen LogP contribution is -2.35. The topological polar surface area (TPSA) is 76.9 Å². The van der Waals surface area contributed by atoms with Gasteiger partial charge in [-0.3, -0.25) is 9.69 Å². The fraction of sp³-hybridized carbons (Fsp3) is 0.318. The van der Waals surface area contributed by atoms with Crippen molar-refractivity contribution in [3.8, 4) is 6.07 Å². The zero-order chi connectivity index (χ0) is 20.2. The Morgan fingerprint density at radius 3 is 2.48 bits per heavy atom. The molecule has 0 unspecified atom stereocenters. The van der Waals surface area contributed by atoms with Crippen LogP contribution in [-0.2, 0) is 4.74 Å². The minimum Gasteiger partial charge on any atom is -0.447 e. The van der Waals surface area contributed by atoms with E-state index in [9.17, 15) is 14.9 Å². The molecule has 0 atom stereocenters. The first kappa shape index (κ1) is 18.8. The standard InChI is InChI=1S/C22H22N4O3/c23-16-18-4-1-2-5-20(18)24-10-3-11-25(13-12-24)21(27)17-6-8-19(9-7-17)26-14-15-29-22(26)28/h1-2,4-9H,3,10-15H2. The molecular weight excluding hydrogens is 368 g/mol. The van der Waals surface area contributed by atoms with Gasteiger partial charge in [-0.2, -0.15) is 5.26 Å². The maximum atomic E-state index is 13.0. The maximum absolute atomic E-state index is 13.0. The fourth-order valence-corrected chi connectivity index (χ4v) is 3.80. The molecule has 2 fully saturated rings. The SMILES string of the molecule is N#Cc1ccccc1N1CCCN(C(=O)c2ccc(N3CCOC3=O)cc2)CC1. The third-order valence-electron chi connectivity index (χ3n) is 5.34. The lowest BCUT2D eigenvalue weighted by Gasteiger charge is -2.24. The molecule has 0 bridgehead atoms. The number of carbonyl (C=O) groups excluding carboxylic acids is 2. The van der Waals surface area contributed by atoms with Gasteiger partial charge < -0.3 is 14.5 Å². The summed E-state index contributed by atoms with van der Waals surface area (Å²) in [6.07, 6.45) is 0.484. The Bertz CT molecular complexity index is 951. The van der Waals surface area contributed by atoms with E-state index in [-0.39, 0.29) is 12.0 Å². The number of ether oxygens (including phenoxy) is 1. The predicted molar refractivity (Wildman–Crippen MR) is 109 cm³/mol. The van der Waals surface area contributed by atoms with Gasteiger partial charge in [-0.25, -0.2) is 4.79 Å². The molecule has 0 saturated carbocycles. The van der Waals surface area contributed by atoms with Crippen LogP contribution in [0.1, 0.15) is 22.3 Å². The van der Waals surface area contributed by atoms with Gasteiger partial charge >= 0.3 is 6.09 Å². The summed E-state index contributed by atoms with van der Waals surface area (Å²) in [5.74, 6) is -0.0176. The van der Waals surface area contributed by atoms with Gasteiger partial charge in [-0.15, -0.1) is 0 Å². The van der Waals surface area contributed by atoms with Gasteiger partial charge in [-0.1, -0.05) is 12.1 Å². The minimum absolute atomic E-state index is 0.0176. The number of anilines is 2. The quantitative estimate of drug-likeness (QED) is 0.805. The van der Waals surface area contributed by atoms with Gasteiger partial charge in [0.1, 0.15) is 12.7 Å². The Kier molecular flexibility index (Phi) is 5.34. The molecule has 7 nitrogen and oxygen atoms in total. The highest BCUT2D eigenvalue weighted by atomic mass is 16.6. The van der Waals surface area contributed by atoms with E-state index in [0.717, 1.165) is 24.3 Å². The molecule has 0 radical (unpaired) electrons. The molecule has 0 aromatic heterocycles. The molecule has 2 heterocycles. The monoisotopic (exact) mass is 390 g/mol. The summed E-state index contributed by atoms with van der Waals surface area (Å²) in [5, 5.41) is 9.35. The van der Waals surface area contributed by atoms with E-state index in [4.69, 9.17) is 4.74 Å². The number of para-hydroxylation sites is 1. The van der Waals surface area contributed by atoms with Crippen LogP contribution in [0.2, 0.25) is 0 Å². The first-order chi connectivity index (χ1) is 14.2. The van der Waals surface area contributed by atoms with Crippen LogP contribution in [0.25, 0.3) is 0 Å². The molecule has 0 aliphatic carbocycles. The summed E-state index contributed by atoms with van der Waals surface area (Å²) in [6, 6.07) is 16.9. The highest BCUT2D eigenvalue weighted by Gasteiger charge is 2.25. The maximum Gasteiger partial charge on any atom is 0.414 e. The lowest BCUT2D eigenvalue weighted by molar-refractivity contribution is 0.0767. The Hall–Kier alpha value is -3.53. The number of hydrogen-bond donors (Lipinski definition) is 0. The third-order valence-corrected chi connectivity index (χ3v) is 5.34. The van der Waals surface area contributed by atoms with E-state index in [1.807, 2.05) is 29.2 Å². The van der Waals surface area contributed by atoms with Crippen LogP contribution in [0.5, 0.6) is 0 Å². The smallest absolute Gasteiger partial charge is 0.414 e. The van der Waals surface area contributed by atoms with Gasteiger partial charge in [0.15, 0.2) is 0 Å². The van der Waals surface area contributed by atoms with Crippen LogP contribution < -0.4 is 9.80 Å². The molecule has 2 saturated heterocycles. The number of carbonyl (C=O) groups is 2. The molecule has 2 aromatic carbocycles. The summed E-state index contributed by atoms with van der Waals surface area (Å²) in [4.78, 5) is 30.2. The first-order valence-corrected chi connectivity index (χ1v) is 9.75. The zero-order valence-electron chi connectivity index (χ0n) is 16.1. The van der Waals surface area contributed by atoms with Gasteiger partial charge in [0.05, 0.1) is 17.8 Å². The predicted octanol–water partition coefficient (Wildman–Crippen LogP) is 2.87. The Morgan fingerprint density at radius 1 is 0.966 bits per heavy atom. The van der Waals surface area contributed by atoms with Crippen LogP contribution in [0, 0.1) is 11.3 Å². The average molecular weight is 390 g/mol. The number of rotatable bonds is 3. The third kappa shape index (κ3) is 3.87. The summed E-state index contributed by atoms with van der Waals surface area (Å²) >= 11 is 0. The summed E-state index contributed by atoms with van der Waals surface area (Å²) in [7, 11) is 0. The molecule has 148 valence electrons. The lowest BCUT2D eigenvalue weighted by atomic mass is 10.1. The number of nitriles is 1. The molecule has 2 aliphatic rings. The van der Waals surface area contributed by atoms with Gasteiger partial charge in [-0.05, 0) is 42.8 Å². The van der Waals surface area contributed by atoms with E-state index in [2.05, 4.69) is 11.0 Å². The Labute approximate surface area is 169 Å². The zero-order valence-corrected chi connectivity index (χ0v) is 16.1. The van der Waals surface area contributed by atoms with Crippen LogP contribution in [0.3, 0.4) is 0 Å². The number of nitrogens with zero attached hydrogens (tertiary/aromatic N) is 4. The fourth-order valence-electron chi connectivity index (χ4n) is 3.80. The van der Waals surface area contributed by atoms with Crippen LogP contribution in [0.15, 0.2) is 48.5 Å². The molecule has 2 aromatic rings. The molecule has 7 heteroatoms. The minimum atomic E-state index is -0.352. The van der Waals surface area contributed by atoms with E-state index in [0.29, 0.717) is 43.9 Å². The summed E-state index contributed by atoms with van der Waals surface area (Å²) in [5.41, 5.74) is 2.92. The number of cyclic esters (lactones) is 1.